The van der Waals surface area contributed by atoms with Gasteiger partial charge >= 0.3 is 0 Å². The van der Waals surface area contributed by atoms with Crippen molar-refractivity contribution in [1.82, 2.24) is 14.8 Å². The first-order valence-electron chi connectivity index (χ1n) is 6.51. The number of hydrogen-bond acceptors (Lipinski definition) is 2. The third-order valence-corrected chi connectivity index (χ3v) is 6.22. The lowest BCUT2D eigenvalue weighted by molar-refractivity contribution is 0.153. The monoisotopic (exact) mass is 473 g/mol. The number of rotatable bonds is 4. The van der Waals surface area contributed by atoms with Gasteiger partial charge in [-0.3, -0.25) is 0 Å². The highest BCUT2D eigenvalue weighted by Gasteiger charge is 2.14. The van der Waals surface area contributed by atoms with Crippen LogP contribution in [0.3, 0.4) is 0 Å². The van der Waals surface area contributed by atoms with Crippen LogP contribution in [-0.2, 0) is 6.42 Å². The minimum Gasteiger partial charge on any atom is -0.353 e. The van der Waals surface area contributed by atoms with Gasteiger partial charge in [-0.15, -0.1) is 0 Å². The van der Waals surface area contributed by atoms with E-state index in [0.717, 1.165) is 0 Å². The molecular weight excluding hydrogens is 452 g/mol. The number of H-pyrrole nitrogens is 1. The predicted octanol–water partition coefficient (Wildman–Crippen LogP) is 2.71. The van der Waals surface area contributed by atoms with E-state index in [-0.39, 0.29) is 0 Å². The average molecular weight is 473 g/mol. The highest BCUT2D eigenvalue weighted by Crippen LogP contribution is 2.22. The second kappa shape index (κ2) is 6.90. The van der Waals surface area contributed by atoms with Crippen molar-refractivity contribution in [3.63, 3.8) is 0 Å². The molecule has 0 unspecified atom stereocenters. The van der Waals surface area contributed by atoms with Gasteiger partial charge in [-0.2, -0.15) is 0 Å². The molecule has 2 rings (SSSR count). The molecule has 0 saturated carbocycles. The molecule has 3 nitrogen and oxygen atoms in total. The van der Waals surface area contributed by atoms with Crippen molar-refractivity contribution in [3.8, 4) is 0 Å². The maximum atomic E-state index is 3.51. The molecule has 0 atom stereocenters. The van der Waals surface area contributed by atoms with Crippen LogP contribution in [0.2, 0.25) is 0 Å². The standard InChI is InChI=1S/C13H21I2N3/c1-10-12(14)11(16-13(10)15)4-3-5-18-8-6-17(2)7-9-18/h16H,3-9H2,1-2H3. The molecule has 1 aromatic heterocycles. The molecule has 1 N–H and O–H groups in total. The second-order valence-electron chi connectivity index (χ2n) is 5.10. The fourth-order valence-corrected chi connectivity index (χ4v) is 4.11. The van der Waals surface area contributed by atoms with Crippen molar-refractivity contribution in [2.24, 2.45) is 0 Å². The third kappa shape index (κ3) is 3.83. The Hall–Kier alpha value is 0.660. The highest BCUT2D eigenvalue weighted by molar-refractivity contribution is 14.1. The van der Waals surface area contributed by atoms with E-state index >= 15 is 0 Å². The first-order chi connectivity index (χ1) is 8.58. The summed E-state index contributed by atoms with van der Waals surface area (Å²) in [5, 5.41) is 0. The summed E-state index contributed by atoms with van der Waals surface area (Å²) < 4.78 is 2.72. The van der Waals surface area contributed by atoms with Crippen molar-refractivity contribution in [2.45, 2.75) is 19.8 Å². The van der Waals surface area contributed by atoms with E-state index in [4.69, 9.17) is 0 Å². The number of hydrogen-bond donors (Lipinski definition) is 1. The molecule has 18 heavy (non-hydrogen) atoms. The molecule has 2 heterocycles. The van der Waals surface area contributed by atoms with E-state index in [0.29, 0.717) is 0 Å². The van der Waals surface area contributed by atoms with Gasteiger partial charge in [0, 0.05) is 35.4 Å². The average Bonchev–Trinajstić information content (AvgIpc) is 2.60. The number of nitrogens with zero attached hydrogens (tertiary/aromatic N) is 2. The van der Waals surface area contributed by atoms with Crippen LogP contribution in [0, 0.1) is 14.2 Å². The molecule has 0 radical (unpaired) electrons. The van der Waals surface area contributed by atoms with E-state index in [1.54, 1.807) is 0 Å². The minimum atomic E-state index is 1.18. The number of aryl methyl sites for hydroxylation is 1. The van der Waals surface area contributed by atoms with Gasteiger partial charge in [0.2, 0.25) is 0 Å². The van der Waals surface area contributed by atoms with E-state index in [1.807, 2.05) is 0 Å². The van der Waals surface area contributed by atoms with Crippen LogP contribution < -0.4 is 0 Å². The smallest absolute Gasteiger partial charge is 0.0814 e. The second-order valence-corrected chi connectivity index (χ2v) is 7.26. The van der Waals surface area contributed by atoms with Crippen LogP contribution in [0.4, 0.5) is 0 Å². The Morgan fingerprint density at radius 1 is 1.17 bits per heavy atom. The Labute approximate surface area is 137 Å². The van der Waals surface area contributed by atoms with Gasteiger partial charge in [-0.25, -0.2) is 0 Å². The lowest BCUT2D eigenvalue weighted by Crippen LogP contribution is -2.44. The Balaban J connectivity index is 1.76. The van der Waals surface area contributed by atoms with E-state index < -0.39 is 0 Å². The molecule has 0 amide bonds. The topological polar surface area (TPSA) is 22.3 Å². The quantitative estimate of drug-likeness (QED) is 0.681. The molecule has 1 aliphatic heterocycles. The molecule has 0 spiro atoms. The van der Waals surface area contributed by atoms with E-state index in [1.165, 1.54) is 64.1 Å². The molecule has 5 heteroatoms. The van der Waals surface area contributed by atoms with Crippen LogP contribution in [0.1, 0.15) is 17.7 Å². The summed E-state index contributed by atoms with van der Waals surface area (Å²) in [6.07, 6.45) is 2.43. The number of halogens is 2. The number of aromatic nitrogens is 1. The normalized spacial score (nSPS) is 18.4. The number of aromatic amines is 1. The van der Waals surface area contributed by atoms with Gasteiger partial charge < -0.3 is 14.8 Å². The fraction of sp³-hybridized carbons (Fsp3) is 0.692. The minimum absolute atomic E-state index is 1.18. The van der Waals surface area contributed by atoms with Gasteiger partial charge in [0.1, 0.15) is 0 Å². The molecule has 0 aromatic carbocycles. The molecule has 0 bridgehead atoms. The highest BCUT2D eigenvalue weighted by atomic mass is 127. The summed E-state index contributed by atoms with van der Waals surface area (Å²) in [5.41, 5.74) is 2.83. The van der Waals surface area contributed by atoms with Gasteiger partial charge in [-0.1, -0.05) is 0 Å². The number of piperazine rings is 1. The lowest BCUT2D eigenvalue weighted by atomic mass is 10.2. The maximum Gasteiger partial charge on any atom is 0.0814 e. The van der Waals surface area contributed by atoms with Crippen molar-refractivity contribution in [1.29, 1.82) is 0 Å². The van der Waals surface area contributed by atoms with Gasteiger partial charge in [0.25, 0.3) is 0 Å². The summed E-state index contributed by atoms with van der Waals surface area (Å²) >= 11 is 4.86. The summed E-state index contributed by atoms with van der Waals surface area (Å²) in [7, 11) is 2.21. The molecule has 1 aromatic rings. The largest absolute Gasteiger partial charge is 0.353 e. The van der Waals surface area contributed by atoms with Crippen molar-refractivity contribution < 1.29 is 0 Å². The van der Waals surface area contributed by atoms with E-state index in [9.17, 15) is 0 Å². The first-order valence-corrected chi connectivity index (χ1v) is 8.67. The molecule has 1 aliphatic rings. The molecule has 1 saturated heterocycles. The Kier molecular flexibility index (Phi) is 5.77. The van der Waals surface area contributed by atoms with Gasteiger partial charge in [-0.05, 0) is 84.1 Å². The molecule has 1 fully saturated rings. The van der Waals surface area contributed by atoms with E-state index in [2.05, 4.69) is 73.9 Å². The van der Waals surface area contributed by atoms with Crippen molar-refractivity contribution in [3.05, 3.63) is 18.5 Å². The summed E-state index contributed by atoms with van der Waals surface area (Å²) in [6.45, 7) is 8.33. The fourth-order valence-electron chi connectivity index (χ4n) is 2.33. The van der Waals surface area contributed by atoms with Gasteiger partial charge in [0.15, 0.2) is 0 Å². The van der Waals surface area contributed by atoms with Crippen LogP contribution in [0.25, 0.3) is 0 Å². The van der Waals surface area contributed by atoms with Crippen LogP contribution in [0.15, 0.2) is 0 Å². The zero-order valence-corrected chi connectivity index (χ0v) is 15.4. The lowest BCUT2D eigenvalue weighted by Gasteiger charge is -2.32. The predicted molar refractivity (Wildman–Crippen MR) is 93.2 cm³/mol. The van der Waals surface area contributed by atoms with Crippen LogP contribution >= 0.6 is 45.2 Å². The van der Waals surface area contributed by atoms with Gasteiger partial charge in [0.05, 0.1) is 3.70 Å². The zero-order valence-electron chi connectivity index (χ0n) is 11.1. The summed E-state index contributed by atoms with van der Waals surface area (Å²) in [4.78, 5) is 8.51. The first kappa shape index (κ1) is 15.1. The van der Waals surface area contributed by atoms with Crippen LogP contribution in [0.5, 0.6) is 0 Å². The third-order valence-electron chi connectivity index (χ3n) is 3.68. The Bertz CT molecular complexity index is 395. The number of nitrogens with one attached hydrogen (secondary N) is 1. The zero-order chi connectivity index (χ0) is 13.1. The summed E-state index contributed by atoms with van der Waals surface area (Å²) in [6, 6.07) is 0. The summed E-state index contributed by atoms with van der Waals surface area (Å²) in [5.74, 6) is 0. The SMILES string of the molecule is Cc1c(I)[nH]c(CCCN2CCN(C)CC2)c1I. The van der Waals surface area contributed by atoms with Crippen molar-refractivity contribution in [2.75, 3.05) is 39.8 Å². The maximum absolute atomic E-state index is 3.51. The molecule has 0 aliphatic carbocycles. The molecule has 102 valence electrons. The Morgan fingerprint density at radius 3 is 2.39 bits per heavy atom. The molecular formula is C13H21I2N3. The van der Waals surface area contributed by atoms with Crippen LogP contribution in [-0.4, -0.2) is 54.6 Å². The Morgan fingerprint density at radius 2 is 1.83 bits per heavy atom. The van der Waals surface area contributed by atoms with Crippen molar-refractivity contribution >= 4 is 45.2 Å². The number of likely N-dealkylation sites (N-methyl/N-ethyl adjacent to an activating group) is 1.